The van der Waals surface area contributed by atoms with Crippen molar-refractivity contribution in [3.63, 3.8) is 0 Å². The predicted molar refractivity (Wildman–Crippen MR) is 74.6 cm³/mol. The molecule has 0 bridgehead atoms. The maximum Gasteiger partial charge on any atom is 0.235 e. The molecule has 0 unspecified atom stereocenters. The molecule has 1 aromatic carbocycles. The van der Waals surface area contributed by atoms with Gasteiger partial charge in [0.15, 0.2) is 0 Å². The quantitative estimate of drug-likeness (QED) is 0.783. The molecule has 0 aliphatic carbocycles. The number of likely N-dealkylation sites (tertiary alicyclic amines) is 1. The fraction of sp³-hybridized carbons (Fsp3) is 0.500. The average Bonchev–Trinajstić information content (AvgIpc) is 2.37. The number of rotatable bonds is 3. The van der Waals surface area contributed by atoms with Gasteiger partial charge in [0.25, 0.3) is 0 Å². The zero-order valence-electron chi connectivity index (χ0n) is 12.1. The number of carbonyl (C=O) groups is 2. The molecule has 3 nitrogen and oxygen atoms in total. The van der Waals surface area contributed by atoms with Crippen LogP contribution < -0.4 is 0 Å². The second-order valence-corrected chi connectivity index (χ2v) is 6.22. The Hall–Kier alpha value is -1.64. The van der Waals surface area contributed by atoms with Crippen LogP contribution in [0, 0.1) is 5.41 Å². The number of β-lactam (4-membered cyclic amide) rings is 1. The molecule has 0 N–H and O–H groups in total. The van der Waals surface area contributed by atoms with Crippen molar-refractivity contribution in [2.75, 3.05) is 6.54 Å². The molecule has 19 heavy (non-hydrogen) atoms. The number of amides is 2. The Kier molecular flexibility index (Phi) is 3.25. The largest absolute Gasteiger partial charge is 0.282 e. The van der Waals surface area contributed by atoms with Gasteiger partial charge in [-0.25, -0.2) is 0 Å². The number of imide groups is 1. The first-order valence-corrected chi connectivity index (χ1v) is 6.69. The molecular weight excluding hydrogens is 238 g/mol. The first-order chi connectivity index (χ1) is 8.78. The fourth-order valence-corrected chi connectivity index (χ4v) is 2.35. The summed E-state index contributed by atoms with van der Waals surface area (Å²) in [5.74, 6) is -0.125. The molecule has 0 aromatic heterocycles. The maximum absolute atomic E-state index is 12.6. The van der Waals surface area contributed by atoms with Gasteiger partial charge in [0.05, 0.1) is 5.41 Å². The Bertz CT molecular complexity index is 503. The second kappa shape index (κ2) is 4.48. The van der Waals surface area contributed by atoms with Gasteiger partial charge in [-0.05, 0) is 5.56 Å². The van der Waals surface area contributed by atoms with E-state index in [0.29, 0.717) is 13.0 Å². The SMILES string of the molecule is CC(C)(C(=O)N1CCC1=O)C(C)(C)c1ccccc1. The van der Waals surface area contributed by atoms with Crippen LogP contribution in [0.25, 0.3) is 0 Å². The summed E-state index contributed by atoms with van der Waals surface area (Å²) >= 11 is 0. The van der Waals surface area contributed by atoms with Gasteiger partial charge in [0, 0.05) is 18.4 Å². The Balaban J connectivity index is 2.32. The van der Waals surface area contributed by atoms with Crippen molar-refractivity contribution in [3.05, 3.63) is 35.9 Å². The molecule has 1 heterocycles. The van der Waals surface area contributed by atoms with Crippen LogP contribution in [0.2, 0.25) is 0 Å². The monoisotopic (exact) mass is 259 g/mol. The molecule has 0 spiro atoms. The van der Waals surface area contributed by atoms with E-state index < -0.39 is 5.41 Å². The summed E-state index contributed by atoms with van der Waals surface area (Å²) in [7, 11) is 0. The fourth-order valence-electron chi connectivity index (χ4n) is 2.35. The molecular formula is C16H21NO2. The average molecular weight is 259 g/mol. The first kappa shape index (κ1) is 13.8. The Morgan fingerprint density at radius 2 is 1.68 bits per heavy atom. The van der Waals surface area contributed by atoms with E-state index in [1.807, 2.05) is 44.2 Å². The molecule has 1 aromatic rings. The minimum atomic E-state index is -0.621. The molecule has 0 atom stereocenters. The van der Waals surface area contributed by atoms with Crippen molar-refractivity contribution in [1.82, 2.24) is 4.90 Å². The van der Waals surface area contributed by atoms with Gasteiger partial charge in [0.1, 0.15) is 0 Å². The highest BCUT2D eigenvalue weighted by Crippen LogP contribution is 2.43. The van der Waals surface area contributed by atoms with Crippen molar-refractivity contribution in [2.45, 2.75) is 39.5 Å². The maximum atomic E-state index is 12.6. The van der Waals surface area contributed by atoms with Gasteiger partial charge in [-0.2, -0.15) is 0 Å². The molecule has 0 radical (unpaired) electrons. The van der Waals surface area contributed by atoms with Gasteiger partial charge in [-0.15, -0.1) is 0 Å². The van der Waals surface area contributed by atoms with E-state index >= 15 is 0 Å². The Labute approximate surface area is 114 Å². The van der Waals surface area contributed by atoms with E-state index in [1.54, 1.807) is 0 Å². The van der Waals surface area contributed by atoms with Crippen molar-refractivity contribution in [3.8, 4) is 0 Å². The standard InChI is InChI=1S/C16H21NO2/c1-15(2,12-8-6-5-7-9-12)16(3,4)14(19)17-11-10-13(17)18/h5-9H,10-11H2,1-4H3. The number of nitrogens with zero attached hydrogens (tertiary/aromatic N) is 1. The number of carbonyl (C=O) groups excluding carboxylic acids is 2. The summed E-state index contributed by atoms with van der Waals surface area (Å²) in [6, 6.07) is 9.99. The zero-order valence-corrected chi connectivity index (χ0v) is 12.1. The molecule has 102 valence electrons. The Morgan fingerprint density at radius 3 is 2.11 bits per heavy atom. The van der Waals surface area contributed by atoms with E-state index in [0.717, 1.165) is 5.56 Å². The van der Waals surface area contributed by atoms with E-state index in [4.69, 9.17) is 0 Å². The summed E-state index contributed by atoms with van der Waals surface area (Å²) < 4.78 is 0. The van der Waals surface area contributed by atoms with Crippen LogP contribution in [0.1, 0.15) is 39.7 Å². The third-order valence-corrected chi connectivity index (χ3v) is 4.69. The van der Waals surface area contributed by atoms with Crippen LogP contribution in [-0.2, 0) is 15.0 Å². The minimum Gasteiger partial charge on any atom is -0.282 e. The van der Waals surface area contributed by atoms with Crippen molar-refractivity contribution in [1.29, 1.82) is 0 Å². The second-order valence-electron chi connectivity index (χ2n) is 6.22. The molecule has 1 aliphatic heterocycles. The third-order valence-electron chi connectivity index (χ3n) is 4.69. The van der Waals surface area contributed by atoms with Crippen molar-refractivity contribution in [2.24, 2.45) is 5.41 Å². The first-order valence-electron chi connectivity index (χ1n) is 6.69. The molecule has 3 heteroatoms. The lowest BCUT2D eigenvalue weighted by Crippen LogP contribution is -2.57. The molecule has 1 saturated heterocycles. The summed E-state index contributed by atoms with van der Waals surface area (Å²) in [5.41, 5.74) is 0.160. The van der Waals surface area contributed by atoms with E-state index in [2.05, 4.69) is 13.8 Å². The van der Waals surface area contributed by atoms with Crippen LogP contribution in [0.5, 0.6) is 0 Å². The van der Waals surface area contributed by atoms with Crippen molar-refractivity contribution < 1.29 is 9.59 Å². The molecule has 2 rings (SSSR count). The highest BCUT2D eigenvalue weighted by molar-refractivity contribution is 6.02. The van der Waals surface area contributed by atoms with Gasteiger partial charge in [-0.3, -0.25) is 14.5 Å². The van der Waals surface area contributed by atoms with Crippen LogP contribution in [-0.4, -0.2) is 23.3 Å². The van der Waals surface area contributed by atoms with Gasteiger partial charge >= 0.3 is 0 Å². The molecule has 1 fully saturated rings. The van der Waals surface area contributed by atoms with Crippen molar-refractivity contribution >= 4 is 11.8 Å². The summed E-state index contributed by atoms with van der Waals surface area (Å²) in [6.45, 7) is 8.53. The van der Waals surface area contributed by atoms with Gasteiger partial charge in [-0.1, -0.05) is 58.0 Å². The summed E-state index contributed by atoms with van der Waals surface area (Å²) in [6.07, 6.45) is 0.494. The zero-order chi connectivity index (χ0) is 14.3. The smallest absolute Gasteiger partial charge is 0.235 e. The minimum absolute atomic E-state index is 0.0538. The van der Waals surface area contributed by atoms with Gasteiger partial charge < -0.3 is 0 Å². The van der Waals surface area contributed by atoms with Crippen LogP contribution in [0.3, 0.4) is 0 Å². The van der Waals surface area contributed by atoms with Crippen LogP contribution >= 0.6 is 0 Å². The topological polar surface area (TPSA) is 37.4 Å². The van der Waals surface area contributed by atoms with E-state index in [1.165, 1.54) is 4.90 Å². The summed E-state index contributed by atoms with van der Waals surface area (Å²) in [4.78, 5) is 25.4. The lowest BCUT2D eigenvalue weighted by molar-refractivity contribution is -0.160. The molecule has 0 saturated carbocycles. The number of hydrogen-bond donors (Lipinski definition) is 0. The van der Waals surface area contributed by atoms with Crippen LogP contribution in [0.15, 0.2) is 30.3 Å². The predicted octanol–water partition coefficient (Wildman–Crippen LogP) is 2.75. The molecule has 1 aliphatic rings. The molecule has 2 amide bonds. The highest BCUT2D eigenvalue weighted by Gasteiger charge is 2.48. The lowest BCUT2D eigenvalue weighted by Gasteiger charge is -2.45. The number of hydrogen-bond acceptors (Lipinski definition) is 2. The van der Waals surface area contributed by atoms with E-state index in [-0.39, 0.29) is 17.2 Å². The highest BCUT2D eigenvalue weighted by atomic mass is 16.2. The lowest BCUT2D eigenvalue weighted by atomic mass is 9.63. The normalized spacial score (nSPS) is 16.2. The van der Waals surface area contributed by atoms with Gasteiger partial charge in [0.2, 0.25) is 11.8 Å². The number of benzene rings is 1. The van der Waals surface area contributed by atoms with E-state index in [9.17, 15) is 9.59 Å². The third kappa shape index (κ3) is 2.07. The summed E-state index contributed by atoms with van der Waals surface area (Å²) in [5, 5.41) is 0. The Morgan fingerprint density at radius 1 is 1.11 bits per heavy atom. The van der Waals surface area contributed by atoms with Crippen LogP contribution in [0.4, 0.5) is 0 Å².